The summed E-state index contributed by atoms with van der Waals surface area (Å²) in [5, 5.41) is 12.9. The standard InChI is InChI=1S/C23H20Cl2N2O4/c1-13-6-5-8-15(21(13)25)22-19(31-2)11-10-17(26-22)23(30)27-18(12-20(28)29)14-7-3-4-9-16(14)24/h3-11,18H,12H2,1-2H3,(H,27,30)(H,28,29). The van der Waals surface area contributed by atoms with Crippen molar-refractivity contribution in [2.45, 2.75) is 19.4 Å². The Balaban J connectivity index is 1.98. The summed E-state index contributed by atoms with van der Waals surface area (Å²) in [5.74, 6) is -1.16. The van der Waals surface area contributed by atoms with Gasteiger partial charge in [0.25, 0.3) is 5.91 Å². The van der Waals surface area contributed by atoms with Crippen LogP contribution >= 0.6 is 23.2 Å². The van der Waals surface area contributed by atoms with Crippen molar-refractivity contribution in [3.05, 3.63) is 81.5 Å². The lowest BCUT2D eigenvalue weighted by atomic mass is 10.0. The number of carbonyl (C=O) groups is 2. The summed E-state index contributed by atoms with van der Waals surface area (Å²) in [5.41, 5.74) is 2.50. The van der Waals surface area contributed by atoms with Gasteiger partial charge in [-0.3, -0.25) is 9.59 Å². The van der Waals surface area contributed by atoms with E-state index in [2.05, 4.69) is 10.3 Å². The monoisotopic (exact) mass is 458 g/mol. The number of pyridine rings is 1. The van der Waals surface area contributed by atoms with E-state index >= 15 is 0 Å². The quantitative estimate of drug-likeness (QED) is 0.500. The number of nitrogens with one attached hydrogen (secondary N) is 1. The van der Waals surface area contributed by atoms with Crippen molar-refractivity contribution in [2.24, 2.45) is 0 Å². The average molecular weight is 459 g/mol. The van der Waals surface area contributed by atoms with Gasteiger partial charge in [-0.25, -0.2) is 4.98 Å². The smallest absolute Gasteiger partial charge is 0.305 e. The maximum Gasteiger partial charge on any atom is 0.305 e. The molecule has 8 heteroatoms. The fourth-order valence-electron chi connectivity index (χ4n) is 3.16. The van der Waals surface area contributed by atoms with E-state index < -0.39 is 17.9 Å². The van der Waals surface area contributed by atoms with Crippen LogP contribution in [0.15, 0.2) is 54.6 Å². The van der Waals surface area contributed by atoms with E-state index in [1.165, 1.54) is 13.2 Å². The molecule has 3 aromatic rings. The summed E-state index contributed by atoms with van der Waals surface area (Å²) in [7, 11) is 1.50. The molecule has 0 saturated heterocycles. The Bertz CT molecular complexity index is 1130. The summed E-state index contributed by atoms with van der Waals surface area (Å²) < 4.78 is 5.40. The number of carboxylic acids is 1. The zero-order valence-corrected chi connectivity index (χ0v) is 18.4. The number of aryl methyl sites for hydroxylation is 1. The molecule has 160 valence electrons. The Morgan fingerprint density at radius 1 is 1.10 bits per heavy atom. The number of halogens is 2. The molecule has 1 aromatic heterocycles. The zero-order valence-electron chi connectivity index (χ0n) is 16.9. The van der Waals surface area contributed by atoms with Crippen molar-refractivity contribution in [1.29, 1.82) is 0 Å². The maximum absolute atomic E-state index is 13.0. The SMILES string of the molecule is COc1ccc(C(=O)NC(CC(=O)O)c2ccccc2Cl)nc1-c1cccc(C)c1Cl. The van der Waals surface area contributed by atoms with Crippen molar-refractivity contribution >= 4 is 35.1 Å². The number of benzene rings is 2. The molecule has 0 aliphatic heterocycles. The number of hydrogen-bond donors (Lipinski definition) is 2. The van der Waals surface area contributed by atoms with Crippen LogP contribution in [0.5, 0.6) is 5.75 Å². The van der Waals surface area contributed by atoms with E-state index in [1.807, 2.05) is 19.1 Å². The Morgan fingerprint density at radius 3 is 2.52 bits per heavy atom. The van der Waals surface area contributed by atoms with Crippen LogP contribution in [0.3, 0.4) is 0 Å². The normalized spacial score (nSPS) is 11.6. The van der Waals surface area contributed by atoms with Crippen LogP contribution in [0.4, 0.5) is 0 Å². The van der Waals surface area contributed by atoms with Crippen LogP contribution in [0, 0.1) is 6.92 Å². The van der Waals surface area contributed by atoms with Crippen molar-refractivity contribution in [2.75, 3.05) is 7.11 Å². The number of ether oxygens (including phenoxy) is 1. The Kier molecular flexibility index (Phi) is 7.15. The lowest BCUT2D eigenvalue weighted by molar-refractivity contribution is -0.137. The minimum Gasteiger partial charge on any atom is -0.494 e. The van der Waals surface area contributed by atoms with E-state index in [-0.39, 0.29) is 12.1 Å². The molecule has 3 rings (SSSR count). The van der Waals surface area contributed by atoms with Crippen LogP contribution in [-0.4, -0.2) is 29.1 Å². The number of amides is 1. The van der Waals surface area contributed by atoms with Crippen LogP contribution in [0.2, 0.25) is 10.0 Å². The highest BCUT2D eigenvalue weighted by Gasteiger charge is 2.23. The van der Waals surface area contributed by atoms with Crippen LogP contribution in [-0.2, 0) is 4.79 Å². The molecule has 1 amide bonds. The summed E-state index contributed by atoms with van der Waals surface area (Å²) >= 11 is 12.7. The highest BCUT2D eigenvalue weighted by molar-refractivity contribution is 6.34. The lowest BCUT2D eigenvalue weighted by Crippen LogP contribution is -2.31. The van der Waals surface area contributed by atoms with Gasteiger partial charge in [-0.1, -0.05) is 59.6 Å². The number of carbonyl (C=O) groups excluding carboxylic acids is 1. The molecular weight excluding hydrogens is 439 g/mol. The number of rotatable bonds is 7. The van der Waals surface area contributed by atoms with E-state index in [4.69, 9.17) is 27.9 Å². The molecule has 2 N–H and O–H groups in total. The predicted molar refractivity (Wildman–Crippen MR) is 120 cm³/mol. The van der Waals surface area contributed by atoms with Crippen LogP contribution in [0.1, 0.15) is 34.1 Å². The summed E-state index contributed by atoms with van der Waals surface area (Å²) in [6.07, 6.45) is -0.331. The molecule has 0 bridgehead atoms. The zero-order chi connectivity index (χ0) is 22.5. The first-order valence-electron chi connectivity index (χ1n) is 9.39. The molecule has 0 aliphatic carbocycles. The van der Waals surface area contributed by atoms with E-state index in [0.717, 1.165) is 5.56 Å². The largest absolute Gasteiger partial charge is 0.494 e. The molecule has 2 aromatic carbocycles. The molecule has 0 aliphatic rings. The van der Waals surface area contributed by atoms with E-state index in [1.54, 1.807) is 36.4 Å². The molecule has 1 unspecified atom stereocenters. The van der Waals surface area contributed by atoms with Crippen LogP contribution in [0.25, 0.3) is 11.3 Å². The second-order valence-corrected chi connectivity index (χ2v) is 7.61. The number of hydrogen-bond acceptors (Lipinski definition) is 4. The molecule has 31 heavy (non-hydrogen) atoms. The molecule has 1 heterocycles. The topological polar surface area (TPSA) is 88.5 Å². The van der Waals surface area contributed by atoms with Gasteiger partial charge >= 0.3 is 5.97 Å². The molecule has 0 fully saturated rings. The lowest BCUT2D eigenvalue weighted by Gasteiger charge is -2.19. The maximum atomic E-state index is 13.0. The fourth-order valence-corrected chi connectivity index (χ4v) is 3.65. The van der Waals surface area contributed by atoms with Gasteiger partial charge in [0.1, 0.15) is 17.1 Å². The predicted octanol–water partition coefficient (Wildman–Crippen LogP) is 5.32. The average Bonchev–Trinajstić information content (AvgIpc) is 2.74. The second kappa shape index (κ2) is 9.81. The highest BCUT2D eigenvalue weighted by Crippen LogP contribution is 2.35. The third-order valence-corrected chi connectivity index (χ3v) is 5.57. The molecule has 0 saturated carbocycles. The van der Waals surface area contributed by atoms with Gasteiger partial charge in [0.15, 0.2) is 0 Å². The third-order valence-electron chi connectivity index (χ3n) is 4.72. The number of carboxylic acid groups (broad SMARTS) is 1. The summed E-state index contributed by atoms with van der Waals surface area (Å²) in [4.78, 5) is 28.8. The number of aromatic nitrogens is 1. The molecule has 0 spiro atoms. The Hall–Kier alpha value is -3.09. The summed E-state index contributed by atoms with van der Waals surface area (Å²) in [6, 6.07) is 14.6. The van der Waals surface area contributed by atoms with Crippen molar-refractivity contribution in [1.82, 2.24) is 10.3 Å². The van der Waals surface area contributed by atoms with E-state index in [9.17, 15) is 14.7 Å². The van der Waals surface area contributed by atoms with Crippen LogP contribution < -0.4 is 10.1 Å². The third kappa shape index (κ3) is 5.16. The first-order chi connectivity index (χ1) is 14.8. The summed E-state index contributed by atoms with van der Waals surface area (Å²) in [6.45, 7) is 1.87. The van der Waals surface area contributed by atoms with Gasteiger partial charge in [-0.05, 0) is 36.2 Å². The fraction of sp³-hybridized carbons (Fsp3) is 0.174. The highest BCUT2D eigenvalue weighted by atomic mass is 35.5. The van der Waals surface area contributed by atoms with Crippen molar-refractivity contribution in [3.63, 3.8) is 0 Å². The van der Waals surface area contributed by atoms with Gasteiger partial charge in [0, 0.05) is 10.6 Å². The van der Waals surface area contributed by atoms with Gasteiger partial charge in [-0.2, -0.15) is 0 Å². The number of aliphatic carboxylic acids is 1. The van der Waals surface area contributed by atoms with Gasteiger partial charge < -0.3 is 15.2 Å². The Morgan fingerprint density at radius 2 is 1.84 bits per heavy atom. The van der Waals surface area contributed by atoms with Crippen molar-refractivity contribution in [3.8, 4) is 17.0 Å². The van der Waals surface area contributed by atoms with Gasteiger partial charge in [0.05, 0.1) is 24.6 Å². The van der Waals surface area contributed by atoms with Gasteiger partial charge in [0.2, 0.25) is 0 Å². The number of methoxy groups -OCH3 is 1. The molecule has 0 radical (unpaired) electrons. The number of nitrogens with zero attached hydrogens (tertiary/aromatic N) is 1. The molecule has 1 atom stereocenters. The minimum atomic E-state index is -1.07. The first-order valence-corrected chi connectivity index (χ1v) is 10.1. The van der Waals surface area contributed by atoms with Gasteiger partial charge in [-0.15, -0.1) is 0 Å². The first kappa shape index (κ1) is 22.6. The molecule has 6 nitrogen and oxygen atoms in total. The second-order valence-electron chi connectivity index (χ2n) is 6.83. The molecular formula is C23H20Cl2N2O4. The van der Waals surface area contributed by atoms with E-state index in [0.29, 0.717) is 32.6 Å². The van der Waals surface area contributed by atoms with Crippen molar-refractivity contribution < 1.29 is 19.4 Å². The minimum absolute atomic E-state index is 0.0933. The Labute approximate surface area is 189 Å².